The first kappa shape index (κ1) is 18.3. The molecule has 7 heteroatoms. The third kappa shape index (κ3) is 3.77. The molecule has 0 bridgehead atoms. The molecule has 0 amide bonds. The lowest BCUT2D eigenvalue weighted by Gasteiger charge is -2.07. The summed E-state index contributed by atoms with van der Waals surface area (Å²) in [6.45, 7) is 2.26. The Labute approximate surface area is 166 Å². The first-order valence-electron chi connectivity index (χ1n) is 9.09. The minimum Gasteiger partial charge on any atom is -0.457 e. The van der Waals surface area contributed by atoms with E-state index in [9.17, 15) is 4.79 Å². The molecule has 4 aromatic rings. The Morgan fingerprint density at radius 3 is 2.68 bits per heavy atom. The van der Waals surface area contributed by atoms with Crippen LogP contribution in [-0.2, 0) is 13.0 Å². The lowest BCUT2D eigenvalue weighted by molar-refractivity contribution is 0.281. The number of fused-ring (bicyclic) bond motifs is 1. The molecule has 2 heterocycles. The van der Waals surface area contributed by atoms with Crippen molar-refractivity contribution < 1.29 is 4.74 Å². The summed E-state index contributed by atoms with van der Waals surface area (Å²) in [6, 6.07) is 17.5. The van der Waals surface area contributed by atoms with Crippen LogP contribution in [0.4, 0.5) is 0 Å². The molecule has 28 heavy (non-hydrogen) atoms. The van der Waals surface area contributed by atoms with Gasteiger partial charge in [-0.05, 0) is 23.6 Å². The predicted octanol–water partition coefficient (Wildman–Crippen LogP) is 4.27. The number of rotatable bonds is 6. The Morgan fingerprint density at radius 2 is 1.93 bits per heavy atom. The van der Waals surface area contributed by atoms with Gasteiger partial charge in [0.15, 0.2) is 0 Å². The number of aromatic amines is 1. The number of nitrogens with one attached hydrogen (secondary N) is 1. The van der Waals surface area contributed by atoms with Crippen molar-refractivity contribution in [1.29, 1.82) is 0 Å². The number of aromatic nitrogens is 4. The zero-order valence-electron chi connectivity index (χ0n) is 15.4. The SMILES string of the molecule is CCCc1cc(=O)n2nc(OCc3ccc(-c4ccccc4)cc3Cl)nc2[nH]1. The van der Waals surface area contributed by atoms with Gasteiger partial charge in [-0.2, -0.15) is 9.50 Å². The van der Waals surface area contributed by atoms with Crippen molar-refractivity contribution in [2.75, 3.05) is 0 Å². The molecule has 142 valence electrons. The van der Waals surface area contributed by atoms with E-state index in [-0.39, 0.29) is 18.2 Å². The maximum Gasteiger partial charge on any atom is 0.338 e. The Bertz CT molecular complexity index is 1170. The van der Waals surface area contributed by atoms with Gasteiger partial charge in [-0.1, -0.05) is 67.4 Å². The first-order chi connectivity index (χ1) is 13.6. The van der Waals surface area contributed by atoms with Crippen molar-refractivity contribution in [2.45, 2.75) is 26.4 Å². The second-order valence-electron chi connectivity index (χ2n) is 6.47. The molecular formula is C21H19ClN4O2. The van der Waals surface area contributed by atoms with Crippen molar-refractivity contribution in [3.63, 3.8) is 0 Å². The van der Waals surface area contributed by atoms with E-state index < -0.39 is 0 Å². The van der Waals surface area contributed by atoms with Gasteiger partial charge in [-0.15, -0.1) is 5.10 Å². The van der Waals surface area contributed by atoms with Crippen LogP contribution in [0.1, 0.15) is 24.6 Å². The molecule has 0 aliphatic carbocycles. The number of hydrogen-bond donors (Lipinski definition) is 1. The molecule has 4 rings (SSSR count). The van der Waals surface area contributed by atoms with Gasteiger partial charge < -0.3 is 9.72 Å². The number of ether oxygens (including phenoxy) is 1. The summed E-state index contributed by atoms with van der Waals surface area (Å²) < 4.78 is 6.87. The molecule has 2 aromatic carbocycles. The summed E-state index contributed by atoms with van der Waals surface area (Å²) in [5.74, 6) is 0.372. The second kappa shape index (κ2) is 7.86. The summed E-state index contributed by atoms with van der Waals surface area (Å²) >= 11 is 6.42. The van der Waals surface area contributed by atoms with E-state index in [0.29, 0.717) is 10.8 Å². The predicted molar refractivity (Wildman–Crippen MR) is 109 cm³/mol. The highest BCUT2D eigenvalue weighted by Crippen LogP contribution is 2.26. The average molecular weight is 395 g/mol. The molecule has 0 radical (unpaired) electrons. The van der Waals surface area contributed by atoms with E-state index in [4.69, 9.17) is 16.3 Å². The van der Waals surface area contributed by atoms with E-state index in [1.165, 1.54) is 10.6 Å². The van der Waals surface area contributed by atoms with Crippen LogP contribution in [0.15, 0.2) is 59.4 Å². The van der Waals surface area contributed by atoms with Gasteiger partial charge in [0.2, 0.25) is 5.78 Å². The van der Waals surface area contributed by atoms with E-state index >= 15 is 0 Å². The number of aryl methyl sites for hydroxylation is 1. The summed E-state index contributed by atoms with van der Waals surface area (Å²) in [5.41, 5.74) is 3.55. The number of nitrogens with zero attached hydrogens (tertiary/aromatic N) is 3. The molecule has 0 unspecified atom stereocenters. The highest BCUT2D eigenvalue weighted by molar-refractivity contribution is 6.31. The van der Waals surface area contributed by atoms with Gasteiger partial charge in [-0.3, -0.25) is 4.79 Å². The zero-order chi connectivity index (χ0) is 19.5. The smallest absolute Gasteiger partial charge is 0.338 e. The maximum atomic E-state index is 12.2. The van der Waals surface area contributed by atoms with Gasteiger partial charge in [0.25, 0.3) is 5.56 Å². The summed E-state index contributed by atoms with van der Waals surface area (Å²) in [4.78, 5) is 19.5. The maximum absolute atomic E-state index is 12.2. The van der Waals surface area contributed by atoms with Crippen LogP contribution in [-0.4, -0.2) is 19.6 Å². The van der Waals surface area contributed by atoms with Crippen molar-refractivity contribution in [3.05, 3.63) is 81.2 Å². The first-order valence-corrected chi connectivity index (χ1v) is 9.47. The number of benzene rings is 2. The van der Waals surface area contributed by atoms with Crippen molar-refractivity contribution in [1.82, 2.24) is 19.6 Å². The molecule has 0 fully saturated rings. The third-order valence-electron chi connectivity index (χ3n) is 4.40. The van der Waals surface area contributed by atoms with E-state index in [1.54, 1.807) is 0 Å². The fraction of sp³-hybridized carbons (Fsp3) is 0.190. The van der Waals surface area contributed by atoms with Crippen molar-refractivity contribution in [2.24, 2.45) is 0 Å². The molecule has 6 nitrogen and oxygen atoms in total. The van der Waals surface area contributed by atoms with Crippen LogP contribution in [0.25, 0.3) is 16.9 Å². The van der Waals surface area contributed by atoms with Crippen LogP contribution in [0.5, 0.6) is 6.01 Å². The molecule has 0 aliphatic heterocycles. The van der Waals surface area contributed by atoms with Crippen molar-refractivity contribution >= 4 is 17.4 Å². The number of H-pyrrole nitrogens is 1. The molecule has 0 aliphatic rings. The Hall–Kier alpha value is -3.12. The Balaban J connectivity index is 1.53. The molecule has 0 saturated carbocycles. The fourth-order valence-electron chi connectivity index (χ4n) is 3.00. The molecule has 1 N–H and O–H groups in total. The zero-order valence-corrected chi connectivity index (χ0v) is 16.1. The average Bonchev–Trinajstić information content (AvgIpc) is 3.11. The largest absolute Gasteiger partial charge is 0.457 e. The quantitative estimate of drug-likeness (QED) is 0.530. The molecule has 0 spiro atoms. The topological polar surface area (TPSA) is 72.3 Å². The summed E-state index contributed by atoms with van der Waals surface area (Å²) in [6.07, 6.45) is 1.71. The van der Waals surface area contributed by atoms with Crippen LogP contribution < -0.4 is 10.3 Å². The summed E-state index contributed by atoms with van der Waals surface area (Å²) in [5, 5.41) is 4.72. The third-order valence-corrected chi connectivity index (χ3v) is 4.75. The van der Waals surface area contributed by atoms with E-state index in [2.05, 4.69) is 15.1 Å². The molecule has 0 atom stereocenters. The lowest BCUT2D eigenvalue weighted by atomic mass is 10.0. The number of halogens is 1. The second-order valence-corrected chi connectivity index (χ2v) is 6.88. The fourth-order valence-corrected chi connectivity index (χ4v) is 3.23. The lowest BCUT2D eigenvalue weighted by Crippen LogP contribution is -2.15. The standard InChI is InChI=1S/C21H19ClN4O2/c1-2-6-17-12-19(27)26-20(23-17)24-21(25-26)28-13-16-10-9-15(11-18(16)22)14-7-4-3-5-8-14/h3-5,7-12H,2,6,13H2,1H3,(H,23,24,25). The highest BCUT2D eigenvalue weighted by Gasteiger charge is 2.11. The van der Waals surface area contributed by atoms with E-state index in [0.717, 1.165) is 35.2 Å². The monoisotopic (exact) mass is 394 g/mol. The van der Waals surface area contributed by atoms with Gasteiger partial charge in [0.1, 0.15) is 6.61 Å². The van der Waals surface area contributed by atoms with Crippen molar-refractivity contribution in [3.8, 4) is 17.1 Å². The number of hydrogen-bond acceptors (Lipinski definition) is 4. The molecule has 2 aromatic heterocycles. The summed E-state index contributed by atoms with van der Waals surface area (Å²) in [7, 11) is 0. The minimum atomic E-state index is -0.232. The minimum absolute atomic E-state index is 0.130. The van der Waals surface area contributed by atoms with E-state index in [1.807, 2.05) is 55.5 Å². The van der Waals surface area contributed by atoms with Crippen LogP contribution in [0, 0.1) is 0 Å². The molecule has 0 saturated heterocycles. The van der Waals surface area contributed by atoms with Gasteiger partial charge in [-0.25, -0.2) is 0 Å². The Kier molecular flexibility index (Phi) is 5.12. The normalized spacial score (nSPS) is 11.1. The Morgan fingerprint density at radius 1 is 1.11 bits per heavy atom. The van der Waals surface area contributed by atoms with Gasteiger partial charge >= 0.3 is 6.01 Å². The van der Waals surface area contributed by atoms with Gasteiger partial charge in [0.05, 0.1) is 0 Å². The van der Waals surface area contributed by atoms with Crippen LogP contribution >= 0.6 is 11.6 Å². The van der Waals surface area contributed by atoms with Gasteiger partial charge in [0, 0.05) is 22.3 Å². The highest BCUT2D eigenvalue weighted by atomic mass is 35.5. The van der Waals surface area contributed by atoms with Crippen LogP contribution in [0.2, 0.25) is 5.02 Å². The molecular weight excluding hydrogens is 376 g/mol. The van der Waals surface area contributed by atoms with Crippen LogP contribution in [0.3, 0.4) is 0 Å².